The van der Waals surface area contributed by atoms with Crippen LogP contribution in [0.5, 0.6) is 0 Å². The first kappa shape index (κ1) is 30.3. The molecule has 0 amide bonds. The summed E-state index contributed by atoms with van der Waals surface area (Å²) < 4.78 is 14.7. The van der Waals surface area contributed by atoms with Gasteiger partial charge in [0, 0.05) is 25.9 Å². The molecule has 190 valence electrons. The molecule has 0 aromatic rings. The average molecular weight is 477 g/mol. The lowest BCUT2D eigenvalue weighted by Crippen LogP contribution is -2.40. The van der Waals surface area contributed by atoms with Crippen LogP contribution in [0, 0.1) is 5.92 Å². The molecule has 0 spiro atoms. The van der Waals surface area contributed by atoms with E-state index >= 15 is 0 Å². The highest BCUT2D eigenvalue weighted by molar-refractivity contribution is 6.12. The summed E-state index contributed by atoms with van der Waals surface area (Å²) in [5.74, 6) is -6.45. The van der Waals surface area contributed by atoms with Crippen LogP contribution in [0.1, 0.15) is 67.2 Å². The van der Waals surface area contributed by atoms with Crippen LogP contribution in [0.2, 0.25) is 0 Å². The van der Waals surface area contributed by atoms with Crippen molar-refractivity contribution < 1.29 is 47.9 Å². The maximum Gasteiger partial charge on any atom is 0.350 e. The normalized spacial score (nSPS) is 11.5. The minimum Gasteiger partial charge on any atom is -0.468 e. The number of nitrogens with one attached hydrogen (secondary N) is 2. The average Bonchev–Trinajstić information content (AvgIpc) is 2.64. The van der Waals surface area contributed by atoms with Gasteiger partial charge in [-0.2, -0.15) is 11.0 Å². The Morgan fingerprint density at radius 1 is 0.667 bits per heavy atom. The van der Waals surface area contributed by atoms with Crippen molar-refractivity contribution in [1.29, 1.82) is 0 Å². The summed E-state index contributed by atoms with van der Waals surface area (Å²) in [6, 6.07) is 0. The highest BCUT2D eigenvalue weighted by Gasteiger charge is 2.39. The highest BCUT2D eigenvalue weighted by Crippen LogP contribution is 2.10. The molecule has 0 aliphatic heterocycles. The Bertz CT molecular complexity index is 630. The quantitative estimate of drug-likeness (QED) is 0.129. The fourth-order valence-corrected chi connectivity index (χ4v) is 2.16. The maximum atomic E-state index is 12.1. The SMILES string of the molecule is COC(=O)C(C(=O)ONCCCC(=O)OC(C)(C)C)C(=O)ONCCCC(=O)OC(C)(C)C. The highest BCUT2D eigenvalue weighted by atomic mass is 16.7. The van der Waals surface area contributed by atoms with Crippen LogP contribution in [0.25, 0.3) is 0 Å². The second-order valence-electron chi connectivity index (χ2n) is 8.97. The molecule has 12 heteroatoms. The molecule has 0 unspecified atom stereocenters. The summed E-state index contributed by atoms with van der Waals surface area (Å²) in [6.45, 7) is 10.6. The van der Waals surface area contributed by atoms with Crippen LogP contribution in [0.15, 0.2) is 0 Å². The molecule has 33 heavy (non-hydrogen) atoms. The van der Waals surface area contributed by atoms with Crippen molar-refractivity contribution in [2.24, 2.45) is 5.92 Å². The van der Waals surface area contributed by atoms with E-state index in [1.165, 1.54) is 0 Å². The van der Waals surface area contributed by atoms with Crippen LogP contribution < -0.4 is 11.0 Å². The van der Waals surface area contributed by atoms with Crippen molar-refractivity contribution in [2.75, 3.05) is 20.2 Å². The zero-order chi connectivity index (χ0) is 25.7. The number of hydrogen-bond donors (Lipinski definition) is 2. The van der Waals surface area contributed by atoms with Crippen molar-refractivity contribution in [3.63, 3.8) is 0 Å². The Morgan fingerprint density at radius 2 is 1.03 bits per heavy atom. The number of rotatable bonds is 13. The van der Waals surface area contributed by atoms with Gasteiger partial charge in [0.15, 0.2) is 0 Å². The number of carbonyl (C=O) groups is 5. The second kappa shape index (κ2) is 14.4. The Morgan fingerprint density at radius 3 is 1.33 bits per heavy atom. The number of hydroxylamine groups is 2. The van der Waals surface area contributed by atoms with E-state index in [0.29, 0.717) is 0 Å². The molecule has 0 saturated heterocycles. The summed E-state index contributed by atoms with van der Waals surface area (Å²) in [6.07, 6.45) is 0.735. The minimum atomic E-state index is -1.98. The molecule has 2 N–H and O–H groups in total. The van der Waals surface area contributed by atoms with Gasteiger partial charge in [-0.1, -0.05) is 0 Å². The van der Waals surface area contributed by atoms with Crippen LogP contribution in [-0.4, -0.2) is 61.2 Å². The van der Waals surface area contributed by atoms with Gasteiger partial charge in [-0.05, 0) is 54.4 Å². The van der Waals surface area contributed by atoms with Gasteiger partial charge >= 0.3 is 29.8 Å². The van der Waals surface area contributed by atoms with E-state index in [4.69, 9.17) is 19.1 Å². The number of ether oxygens (including phenoxy) is 3. The van der Waals surface area contributed by atoms with Gasteiger partial charge in [-0.25, -0.2) is 9.59 Å². The molecule has 12 nitrogen and oxygen atoms in total. The molecule has 0 heterocycles. The molecule has 0 aliphatic carbocycles. The molecule has 0 aromatic heterocycles. The number of methoxy groups -OCH3 is 1. The summed E-state index contributed by atoms with van der Waals surface area (Å²) in [5.41, 5.74) is 3.36. The first-order valence-electron chi connectivity index (χ1n) is 10.5. The monoisotopic (exact) mass is 476 g/mol. The second-order valence-corrected chi connectivity index (χ2v) is 8.97. The van der Waals surface area contributed by atoms with Crippen molar-refractivity contribution >= 4 is 29.8 Å². The molecule has 0 radical (unpaired) electrons. The van der Waals surface area contributed by atoms with Crippen LogP contribution in [0.4, 0.5) is 0 Å². The van der Waals surface area contributed by atoms with Crippen molar-refractivity contribution in [1.82, 2.24) is 11.0 Å². The van der Waals surface area contributed by atoms with E-state index < -0.39 is 47.0 Å². The van der Waals surface area contributed by atoms with Crippen molar-refractivity contribution in [3.05, 3.63) is 0 Å². The van der Waals surface area contributed by atoms with E-state index in [9.17, 15) is 24.0 Å². The van der Waals surface area contributed by atoms with Gasteiger partial charge < -0.3 is 23.9 Å². The lowest BCUT2D eigenvalue weighted by Gasteiger charge is -2.19. The fourth-order valence-electron chi connectivity index (χ4n) is 2.16. The third-order valence-corrected chi connectivity index (χ3v) is 3.41. The summed E-state index contributed by atoms with van der Waals surface area (Å²) in [5, 5.41) is 0. The number of esters is 3. The molecule has 0 saturated carbocycles. The third kappa shape index (κ3) is 15.7. The minimum absolute atomic E-state index is 0.0802. The molecule has 0 atom stereocenters. The topological polar surface area (TPSA) is 156 Å². The van der Waals surface area contributed by atoms with E-state index in [1.54, 1.807) is 41.5 Å². The van der Waals surface area contributed by atoms with Gasteiger partial charge in [0.05, 0.1) is 7.11 Å². The molecule has 0 aromatic carbocycles. The zero-order valence-electron chi connectivity index (χ0n) is 20.4. The smallest absolute Gasteiger partial charge is 0.350 e. The first-order valence-corrected chi connectivity index (χ1v) is 10.5. The Hall–Kier alpha value is -2.73. The molecular weight excluding hydrogens is 440 g/mol. The van der Waals surface area contributed by atoms with Crippen LogP contribution in [-0.2, 0) is 47.9 Å². The predicted octanol–water partition coefficient (Wildman–Crippen LogP) is 1.12. The van der Waals surface area contributed by atoms with Crippen LogP contribution >= 0.6 is 0 Å². The molecule has 0 bridgehead atoms. The maximum absolute atomic E-state index is 12.1. The van der Waals surface area contributed by atoms with Crippen molar-refractivity contribution in [2.45, 2.75) is 78.4 Å². The van der Waals surface area contributed by atoms with Crippen molar-refractivity contribution in [3.8, 4) is 0 Å². The summed E-state index contributed by atoms with van der Waals surface area (Å²) in [4.78, 5) is 68.7. The van der Waals surface area contributed by atoms with E-state index in [-0.39, 0.29) is 38.8 Å². The molecular formula is C21H36N2O10. The van der Waals surface area contributed by atoms with Crippen LogP contribution in [0.3, 0.4) is 0 Å². The number of carbonyl (C=O) groups excluding carboxylic acids is 5. The number of hydrogen-bond acceptors (Lipinski definition) is 12. The fraction of sp³-hybridized carbons (Fsp3) is 0.762. The van der Waals surface area contributed by atoms with Gasteiger partial charge in [0.25, 0.3) is 5.92 Å². The molecule has 0 rings (SSSR count). The first-order chi connectivity index (χ1) is 15.2. The summed E-state index contributed by atoms with van der Waals surface area (Å²) in [7, 11) is 0.998. The van der Waals surface area contributed by atoms with Gasteiger partial charge in [-0.15, -0.1) is 0 Å². The third-order valence-electron chi connectivity index (χ3n) is 3.41. The Labute approximate surface area is 193 Å². The molecule has 0 aliphatic rings. The van der Waals surface area contributed by atoms with E-state index in [2.05, 4.69) is 15.7 Å². The Balaban J connectivity index is 4.37. The Kier molecular flexibility index (Phi) is 13.2. The molecule has 0 fully saturated rings. The zero-order valence-corrected chi connectivity index (χ0v) is 20.4. The lowest BCUT2D eigenvalue weighted by molar-refractivity contribution is -0.177. The van der Waals surface area contributed by atoms with Gasteiger partial charge in [0.1, 0.15) is 11.2 Å². The van der Waals surface area contributed by atoms with Gasteiger partial charge in [0.2, 0.25) is 0 Å². The lowest BCUT2D eigenvalue weighted by atomic mass is 10.1. The summed E-state index contributed by atoms with van der Waals surface area (Å²) >= 11 is 0. The predicted molar refractivity (Wildman–Crippen MR) is 114 cm³/mol. The van der Waals surface area contributed by atoms with Gasteiger partial charge in [-0.3, -0.25) is 14.4 Å². The van der Waals surface area contributed by atoms with E-state index in [1.807, 2.05) is 0 Å². The largest absolute Gasteiger partial charge is 0.468 e. The standard InChI is InChI=1S/C21H36N2O10/c1-20(2,3)30-14(24)10-8-12-22-32-18(27)16(17(26)29-7)19(28)33-23-13-9-11-15(25)31-21(4,5)6/h16,22-23H,8-13H2,1-7H3. The van der Waals surface area contributed by atoms with E-state index in [0.717, 1.165) is 7.11 Å².